The molecule has 33 heavy (non-hydrogen) atoms. The van der Waals surface area contributed by atoms with Gasteiger partial charge in [-0.25, -0.2) is 9.18 Å². The summed E-state index contributed by atoms with van der Waals surface area (Å²) in [5.41, 5.74) is -0.132. The molecule has 1 aliphatic heterocycles. The fourth-order valence-electron chi connectivity index (χ4n) is 4.53. The van der Waals surface area contributed by atoms with Crippen LogP contribution in [-0.2, 0) is 20.8 Å². The van der Waals surface area contributed by atoms with Crippen LogP contribution in [0.1, 0.15) is 49.4 Å². The minimum absolute atomic E-state index is 0.0435. The lowest BCUT2D eigenvalue weighted by Gasteiger charge is -2.27. The van der Waals surface area contributed by atoms with Crippen LogP contribution < -0.4 is 10.7 Å². The maximum Gasteiger partial charge on any atom is 0.343 e. The van der Waals surface area contributed by atoms with Gasteiger partial charge in [0.2, 0.25) is 11.3 Å². The largest absolute Gasteiger partial charge is 0.462 e. The van der Waals surface area contributed by atoms with Gasteiger partial charge in [-0.3, -0.25) is 9.59 Å². The molecule has 2 heterocycles. The molecule has 8 nitrogen and oxygen atoms in total. The highest BCUT2D eigenvalue weighted by Gasteiger charge is 2.23. The summed E-state index contributed by atoms with van der Waals surface area (Å²) in [6.07, 6.45) is 6.63. The molecule has 1 amide bonds. The number of hydrogen-bond acceptors (Lipinski definition) is 6. The first-order valence-corrected chi connectivity index (χ1v) is 11.6. The van der Waals surface area contributed by atoms with Crippen molar-refractivity contribution in [1.29, 1.82) is 0 Å². The Morgan fingerprint density at radius 3 is 2.61 bits per heavy atom. The van der Waals surface area contributed by atoms with Crippen LogP contribution in [0.3, 0.4) is 0 Å². The molecule has 1 aromatic carbocycles. The molecule has 2 fully saturated rings. The number of ether oxygens (including phenoxy) is 2. The van der Waals surface area contributed by atoms with Gasteiger partial charge in [-0.05, 0) is 31.9 Å². The molecule has 178 valence electrons. The van der Waals surface area contributed by atoms with Crippen molar-refractivity contribution >= 4 is 28.5 Å². The van der Waals surface area contributed by atoms with E-state index in [1.54, 1.807) is 22.5 Å². The predicted molar refractivity (Wildman–Crippen MR) is 122 cm³/mol. The fraction of sp³-hybridized carbons (Fsp3) is 0.542. The third-order valence-electron chi connectivity index (χ3n) is 6.30. The Morgan fingerprint density at radius 2 is 1.91 bits per heavy atom. The second-order valence-corrected chi connectivity index (χ2v) is 8.54. The Morgan fingerprint density at radius 1 is 1.18 bits per heavy atom. The molecule has 1 N–H and O–H groups in total. The van der Waals surface area contributed by atoms with E-state index in [-0.39, 0.29) is 36.1 Å². The summed E-state index contributed by atoms with van der Waals surface area (Å²) in [6, 6.07) is 2.89. The van der Waals surface area contributed by atoms with Crippen LogP contribution in [0, 0.1) is 5.82 Å². The van der Waals surface area contributed by atoms with Gasteiger partial charge in [-0.15, -0.1) is 0 Å². The van der Waals surface area contributed by atoms with Crippen molar-refractivity contribution in [3.8, 4) is 0 Å². The smallest absolute Gasteiger partial charge is 0.343 e. The summed E-state index contributed by atoms with van der Waals surface area (Å²) in [6.45, 7) is 3.54. The summed E-state index contributed by atoms with van der Waals surface area (Å²) in [7, 11) is 0. The first kappa shape index (κ1) is 23.2. The minimum atomic E-state index is -0.790. The number of nitrogens with zero attached hydrogens (tertiary/aromatic N) is 2. The lowest BCUT2D eigenvalue weighted by atomic mass is 9.95. The van der Waals surface area contributed by atoms with Gasteiger partial charge in [0.1, 0.15) is 17.9 Å². The highest BCUT2D eigenvalue weighted by Crippen LogP contribution is 2.27. The molecule has 0 radical (unpaired) electrons. The van der Waals surface area contributed by atoms with E-state index >= 15 is 4.39 Å². The molecule has 9 heteroatoms. The maximum atomic E-state index is 15.0. The van der Waals surface area contributed by atoms with E-state index < -0.39 is 17.2 Å². The molecule has 0 unspecified atom stereocenters. The Bertz CT molecular complexity index is 1090. The second kappa shape index (κ2) is 10.3. The van der Waals surface area contributed by atoms with E-state index in [2.05, 4.69) is 5.32 Å². The lowest BCUT2D eigenvalue weighted by molar-refractivity contribution is -0.135. The molecule has 2 aromatic rings. The Kier molecular flexibility index (Phi) is 7.27. The van der Waals surface area contributed by atoms with Gasteiger partial charge >= 0.3 is 5.97 Å². The van der Waals surface area contributed by atoms with Crippen LogP contribution in [0.4, 0.5) is 10.1 Å². The van der Waals surface area contributed by atoms with Crippen molar-refractivity contribution < 1.29 is 23.5 Å². The van der Waals surface area contributed by atoms with Crippen molar-refractivity contribution in [2.75, 3.05) is 38.2 Å². The van der Waals surface area contributed by atoms with E-state index in [9.17, 15) is 14.4 Å². The van der Waals surface area contributed by atoms with Crippen molar-refractivity contribution in [2.24, 2.45) is 0 Å². The van der Waals surface area contributed by atoms with Gasteiger partial charge in [0.25, 0.3) is 0 Å². The number of pyridine rings is 1. The van der Waals surface area contributed by atoms with Crippen molar-refractivity contribution in [3.05, 3.63) is 39.9 Å². The predicted octanol–water partition coefficient (Wildman–Crippen LogP) is 2.92. The molecular weight excluding hydrogens is 429 g/mol. The minimum Gasteiger partial charge on any atom is -0.462 e. The summed E-state index contributed by atoms with van der Waals surface area (Å²) < 4.78 is 26.9. The van der Waals surface area contributed by atoms with E-state index in [4.69, 9.17) is 9.47 Å². The number of carbonyl (C=O) groups is 2. The average molecular weight is 460 g/mol. The lowest BCUT2D eigenvalue weighted by Crippen LogP contribution is -2.42. The number of halogens is 1. The first-order chi connectivity index (χ1) is 16.0. The molecule has 1 saturated carbocycles. The van der Waals surface area contributed by atoms with E-state index in [0.717, 1.165) is 31.7 Å². The normalized spacial score (nSPS) is 17.2. The molecule has 1 aromatic heterocycles. The maximum absolute atomic E-state index is 15.0. The molecule has 0 atom stereocenters. The number of rotatable bonds is 6. The van der Waals surface area contributed by atoms with E-state index in [1.165, 1.54) is 12.6 Å². The van der Waals surface area contributed by atoms with Crippen LogP contribution in [0.25, 0.3) is 10.9 Å². The highest BCUT2D eigenvalue weighted by molar-refractivity contribution is 5.95. The van der Waals surface area contributed by atoms with Crippen molar-refractivity contribution in [3.63, 3.8) is 0 Å². The molecule has 0 bridgehead atoms. The topological polar surface area (TPSA) is 89.9 Å². The standard InChI is InChI=1S/C24H30FN3O5/c1-2-33-24(31)18-14-28(15-22(29)27-8-10-32-11-9-27)21-13-20(19(25)12-17(21)23(18)30)26-16-6-4-3-5-7-16/h12-14,16,26H,2-11,15H2,1H3. The van der Waals surface area contributed by atoms with Crippen molar-refractivity contribution in [1.82, 2.24) is 9.47 Å². The zero-order valence-corrected chi connectivity index (χ0v) is 18.9. The summed E-state index contributed by atoms with van der Waals surface area (Å²) in [5.74, 6) is -1.51. The quantitative estimate of drug-likeness (QED) is 0.668. The fourth-order valence-corrected chi connectivity index (χ4v) is 4.53. The zero-order valence-electron chi connectivity index (χ0n) is 18.9. The number of benzene rings is 1. The van der Waals surface area contributed by atoms with Crippen LogP contribution >= 0.6 is 0 Å². The van der Waals surface area contributed by atoms with Crippen LogP contribution in [-0.4, -0.2) is 60.3 Å². The van der Waals surface area contributed by atoms with Crippen LogP contribution in [0.5, 0.6) is 0 Å². The molecular formula is C24H30FN3O5. The zero-order chi connectivity index (χ0) is 23.4. The van der Waals surface area contributed by atoms with Gasteiger partial charge in [-0.1, -0.05) is 19.3 Å². The third kappa shape index (κ3) is 5.19. The Hall–Kier alpha value is -2.94. The highest BCUT2D eigenvalue weighted by atomic mass is 19.1. The van der Waals surface area contributed by atoms with Gasteiger partial charge in [0, 0.05) is 30.7 Å². The Labute approximate surface area is 191 Å². The number of nitrogens with one attached hydrogen (secondary N) is 1. The number of hydrogen-bond donors (Lipinski definition) is 1. The molecule has 2 aliphatic rings. The number of anilines is 1. The third-order valence-corrected chi connectivity index (χ3v) is 6.30. The average Bonchev–Trinajstić information content (AvgIpc) is 2.83. The number of fused-ring (bicyclic) bond motifs is 1. The summed E-state index contributed by atoms with van der Waals surface area (Å²) in [4.78, 5) is 40.1. The number of morpholine rings is 1. The number of amides is 1. The van der Waals surface area contributed by atoms with Gasteiger partial charge in [0.15, 0.2) is 0 Å². The number of esters is 1. The van der Waals surface area contributed by atoms with Crippen molar-refractivity contribution in [2.45, 2.75) is 51.6 Å². The molecule has 1 saturated heterocycles. The first-order valence-electron chi connectivity index (χ1n) is 11.6. The van der Waals surface area contributed by atoms with E-state index in [0.29, 0.717) is 37.5 Å². The van der Waals surface area contributed by atoms with Crippen LogP contribution in [0.15, 0.2) is 23.1 Å². The molecule has 1 aliphatic carbocycles. The molecule has 0 spiro atoms. The molecule has 4 rings (SSSR count). The van der Waals surface area contributed by atoms with Crippen LogP contribution in [0.2, 0.25) is 0 Å². The summed E-state index contributed by atoms with van der Waals surface area (Å²) in [5, 5.41) is 3.31. The van der Waals surface area contributed by atoms with Gasteiger partial charge < -0.3 is 24.3 Å². The number of carbonyl (C=O) groups excluding carboxylic acids is 2. The second-order valence-electron chi connectivity index (χ2n) is 8.54. The van der Waals surface area contributed by atoms with E-state index in [1.807, 2.05) is 0 Å². The number of aromatic nitrogens is 1. The SMILES string of the molecule is CCOC(=O)c1cn(CC(=O)N2CCOCC2)c2cc(NC3CCCCC3)c(F)cc2c1=O. The van der Waals surface area contributed by atoms with Gasteiger partial charge in [-0.2, -0.15) is 0 Å². The monoisotopic (exact) mass is 459 g/mol. The summed E-state index contributed by atoms with van der Waals surface area (Å²) >= 11 is 0. The Balaban J connectivity index is 1.76. The van der Waals surface area contributed by atoms with Gasteiger partial charge in [0.05, 0.1) is 31.0 Å².